The van der Waals surface area contributed by atoms with Crippen LogP contribution < -0.4 is 15.2 Å². The van der Waals surface area contributed by atoms with Crippen molar-refractivity contribution >= 4 is 17.4 Å². The molecular weight excluding hydrogens is 282 g/mol. The molecule has 21 heavy (non-hydrogen) atoms. The molecule has 0 aliphatic carbocycles. The Bertz CT molecular complexity index is 643. The van der Waals surface area contributed by atoms with Gasteiger partial charge in [-0.2, -0.15) is 0 Å². The monoisotopic (exact) mass is 301 g/mol. The van der Waals surface area contributed by atoms with Crippen LogP contribution in [0.5, 0.6) is 11.5 Å². The minimum absolute atomic E-state index is 0.718. The van der Waals surface area contributed by atoms with E-state index in [4.69, 9.17) is 15.2 Å². The van der Waals surface area contributed by atoms with Crippen molar-refractivity contribution in [2.24, 2.45) is 0 Å². The molecule has 2 N–H and O–H groups in total. The average Bonchev–Trinajstić information content (AvgIpc) is 2.73. The van der Waals surface area contributed by atoms with E-state index in [0.29, 0.717) is 0 Å². The Morgan fingerprint density at radius 1 is 1.10 bits per heavy atom. The molecule has 0 aromatic heterocycles. The number of anilines is 1. The first-order valence-corrected chi connectivity index (χ1v) is 8.09. The zero-order valence-electron chi connectivity index (χ0n) is 12.1. The minimum Gasteiger partial charge on any atom is -0.490 e. The molecule has 110 valence electrons. The van der Waals surface area contributed by atoms with Gasteiger partial charge in [0.2, 0.25) is 0 Å². The summed E-state index contributed by atoms with van der Waals surface area (Å²) >= 11 is 1.78. The number of hydrogen-bond acceptors (Lipinski definition) is 4. The SMILES string of the molecule is Cc1c(N)cccc1CSc1ccc2c(c1)OCCCO2. The van der Waals surface area contributed by atoms with Gasteiger partial charge in [0.25, 0.3) is 0 Å². The van der Waals surface area contributed by atoms with E-state index in [1.165, 1.54) is 16.0 Å². The molecule has 0 saturated heterocycles. The lowest BCUT2D eigenvalue weighted by molar-refractivity contribution is 0.297. The molecule has 0 spiro atoms. The maximum absolute atomic E-state index is 5.95. The summed E-state index contributed by atoms with van der Waals surface area (Å²) in [5.74, 6) is 2.59. The summed E-state index contributed by atoms with van der Waals surface area (Å²) in [6.07, 6.45) is 0.930. The van der Waals surface area contributed by atoms with Crippen molar-refractivity contribution in [3.8, 4) is 11.5 Å². The van der Waals surface area contributed by atoms with Gasteiger partial charge >= 0.3 is 0 Å². The molecule has 3 rings (SSSR count). The Morgan fingerprint density at radius 3 is 2.76 bits per heavy atom. The van der Waals surface area contributed by atoms with Gasteiger partial charge in [-0.25, -0.2) is 0 Å². The lowest BCUT2D eigenvalue weighted by Gasteiger charge is -2.10. The number of rotatable bonds is 3. The van der Waals surface area contributed by atoms with Crippen molar-refractivity contribution < 1.29 is 9.47 Å². The molecule has 0 radical (unpaired) electrons. The summed E-state index contributed by atoms with van der Waals surface area (Å²) in [5.41, 5.74) is 9.24. The van der Waals surface area contributed by atoms with Crippen LogP contribution in [0, 0.1) is 6.92 Å². The predicted molar refractivity (Wildman–Crippen MR) is 87.2 cm³/mol. The van der Waals surface area contributed by atoms with E-state index >= 15 is 0 Å². The Hall–Kier alpha value is -1.81. The second kappa shape index (κ2) is 6.31. The molecule has 1 aliphatic rings. The lowest BCUT2D eigenvalue weighted by atomic mass is 10.1. The highest BCUT2D eigenvalue weighted by Gasteiger charge is 2.11. The predicted octanol–water partition coefficient (Wildman–Crippen LogP) is 4.03. The van der Waals surface area contributed by atoms with Crippen molar-refractivity contribution in [3.05, 3.63) is 47.5 Å². The molecular formula is C17H19NO2S. The summed E-state index contributed by atoms with van der Waals surface area (Å²) in [7, 11) is 0. The number of fused-ring (bicyclic) bond motifs is 1. The van der Waals surface area contributed by atoms with Crippen molar-refractivity contribution in [1.29, 1.82) is 0 Å². The smallest absolute Gasteiger partial charge is 0.162 e. The van der Waals surface area contributed by atoms with E-state index < -0.39 is 0 Å². The zero-order valence-corrected chi connectivity index (χ0v) is 12.9. The fourth-order valence-corrected chi connectivity index (χ4v) is 3.24. The Morgan fingerprint density at radius 2 is 1.90 bits per heavy atom. The number of ether oxygens (including phenoxy) is 2. The van der Waals surface area contributed by atoms with Gasteiger partial charge < -0.3 is 15.2 Å². The van der Waals surface area contributed by atoms with Gasteiger partial charge in [0.15, 0.2) is 11.5 Å². The minimum atomic E-state index is 0.718. The topological polar surface area (TPSA) is 44.5 Å². The van der Waals surface area contributed by atoms with E-state index in [-0.39, 0.29) is 0 Å². The van der Waals surface area contributed by atoms with Crippen molar-refractivity contribution in [1.82, 2.24) is 0 Å². The molecule has 2 aromatic carbocycles. The third-order valence-corrected chi connectivity index (χ3v) is 4.64. The van der Waals surface area contributed by atoms with Gasteiger partial charge in [0.1, 0.15) is 0 Å². The molecule has 0 atom stereocenters. The highest BCUT2D eigenvalue weighted by molar-refractivity contribution is 7.98. The number of benzene rings is 2. The van der Waals surface area contributed by atoms with Gasteiger partial charge in [-0.1, -0.05) is 12.1 Å². The van der Waals surface area contributed by atoms with E-state index in [9.17, 15) is 0 Å². The van der Waals surface area contributed by atoms with Crippen molar-refractivity contribution in [2.75, 3.05) is 18.9 Å². The number of hydrogen-bond donors (Lipinski definition) is 1. The molecule has 1 aliphatic heterocycles. The average molecular weight is 301 g/mol. The largest absolute Gasteiger partial charge is 0.490 e. The molecule has 1 heterocycles. The highest BCUT2D eigenvalue weighted by atomic mass is 32.2. The summed E-state index contributed by atoms with van der Waals surface area (Å²) in [5, 5.41) is 0. The zero-order chi connectivity index (χ0) is 14.7. The van der Waals surface area contributed by atoms with Crippen molar-refractivity contribution in [3.63, 3.8) is 0 Å². The van der Waals surface area contributed by atoms with Crippen LogP contribution in [0.1, 0.15) is 17.5 Å². The molecule has 0 bridgehead atoms. The van der Waals surface area contributed by atoms with Gasteiger partial charge in [-0.3, -0.25) is 0 Å². The van der Waals surface area contributed by atoms with Gasteiger partial charge in [-0.05, 0) is 42.3 Å². The standard InChI is InChI=1S/C17H19NO2S/c1-12-13(4-2-5-15(12)18)11-21-14-6-7-16-17(10-14)20-9-3-8-19-16/h2,4-7,10H,3,8-9,11,18H2,1H3. The van der Waals surface area contributed by atoms with Crippen LogP contribution in [0.4, 0.5) is 5.69 Å². The van der Waals surface area contributed by atoms with E-state index in [1.54, 1.807) is 11.8 Å². The Kier molecular flexibility index (Phi) is 4.25. The molecule has 0 fully saturated rings. The maximum atomic E-state index is 5.95. The number of thioether (sulfide) groups is 1. The number of nitrogens with two attached hydrogens (primary N) is 1. The summed E-state index contributed by atoms with van der Waals surface area (Å²) in [6.45, 7) is 3.51. The van der Waals surface area contributed by atoms with E-state index in [0.717, 1.165) is 42.6 Å². The Balaban J connectivity index is 1.73. The summed E-state index contributed by atoms with van der Waals surface area (Å²) in [4.78, 5) is 1.18. The van der Waals surface area contributed by atoms with Gasteiger partial charge in [0.05, 0.1) is 13.2 Å². The number of nitrogen functional groups attached to an aromatic ring is 1. The second-order valence-electron chi connectivity index (χ2n) is 5.08. The first kappa shape index (κ1) is 14.1. The van der Waals surface area contributed by atoms with Crippen LogP contribution >= 0.6 is 11.8 Å². The van der Waals surface area contributed by atoms with Gasteiger partial charge in [-0.15, -0.1) is 11.8 Å². The van der Waals surface area contributed by atoms with Crippen LogP contribution in [-0.2, 0) is 5.75 Å². The quantitative estimate of drug-likeness (QED) is 0.686. The third-order valence-electron chi connectivity index (χ3n) is 3.60. The molecule has 0 amide bonds. The van der Waals surface area contributed by atoms with Crippen LogP contribution in [-0.4, -0.2) is 13.2 Å². The van der Waals surface area contributed by atoms with Crippen LogP contribution in [0.3, 0.4) is 0 Å². The molecule has 0 saturated carbocycles. The summed E-state index contributed by atoms with van der Waals surface area (Å²) in [6, 6.07) is 12.2. The third kappa shape index (κ3) is 3.27. The maximum Gasteiger partial charge on any atom is 0.162 e. The molecule has 4 heteroatoms. The first-order valence-electron chi connectivity index (χ1n) is 7.10. The first-order chi connectivity index (χ1) is 10.2. The molecule has 2 aromatic rings. The normalized spacial score (nSPS) is 13.8. The fourth-order valence-electron chi connectivity index (χ4n) is 2.25. The highest BCUT2D eigenvalue weighted by Crippen LogP contribution is 2.35. The van der Waals surface area contributed by atoms with Crippen LogP contribution in [0.25, 0.3) is 0 Å². The van der Waals surface area contributed by atoms with Gasteiger partial charge in [0, 0.05) is 22.8 Å². The lowest BCUT2D eigenvalue weighted by Crippen LogP contribution is -1.97. The van der Waals surface area contributed by atoms with E-state index in [2.05, 4.69) is 25.1 Å². The Labute approximate surface area is 129 Å². The molecule has 0 unspecified atom stereocenters. The fraction of sp³-hybridized carbons (Fsp3) is 0.294. The second-order valence-corrected chi connectivity index (χ2v) is 6.13. The molecule has 3 nitrogen and oxygen atoms in total. The van der Waals surface area contributed by atoms with Crippen LogP contribution in [0.2, 0.25) is 0 Å². The van der Waals surface area contributed by atoms with Crippen LogP contribution in [0.15, 0.2) is 41.3 Å². The van der Waals surface area contributed by atoms with E-state index in [1.807, 2.05) is 18.2 Å². The summed E-state index contributed by atoms with van der Waals surface area (Å²) < 4.78 is 11.4. The van der Waals surface area contributed by atoms with Crippen molar-refractivity contribution in [2.45, 2.75) is 24.0 Å².